The number of carbonyl (C=O) groups excluding carboxylic acids is 4. The van der Waals surface area contributed by atoms with Crippen LogP contribution in [0.25, 0.3) is 11.3 Å². The van der Waals surface area contributed by atoms with Gasteiger partial charge in [0.05, 0.1) is 29.0 Å². The Labute approximate surface area is 324 Å². The first kappa shape index (κ1) is 19.0. The number of ether oxygens (including phenoxy) is 1. The summed E-state index contributed by atoms with van der Waals surface area (Å²) in [6.07, 6.45) is -3.29. The Morgan fingerprint density at radius 1 is 0.820 bits per heavy atom. The molecule has 0 aliphatic carbocycles. The van der Waals surface area contributed by atoms with Crippen LogP contribution >= 0.6 is 0 Å². The fourth-order valence-electron chi connectivity index (χ4n) is 4.77. The number of hydrazine groups is 1. The van der Waals surface area contributed by atoms with Gasteiger partial charge in [0, 0.05) is 56.4 Å². The van der Waals surface area contributed by atoms with Crippen molar-refractivity contribution in [3.8, 4) is 11.3 Å². The smallest absolute Gasteiger partial charge is 0.407 e. The lowest BCUT2D eigenvalue weighted by Crippen LogP contribution is -2.60. The van der Waals surface area contributed by atoms with Gasteiger partial charge in [0.1, 0.15) is 12.1 Å². The lowest BCUT2D eigenvalue weighted by atomic mass is 9.85. The molecule has 0 unspecified atom stereocenters. The van der Waals surface area contributed by atoms with Gasteiger partial charge < -0.3 is 25.8 Å². The number of aliphatic hydroxyl groups excluding tert-OH is 1. The molecular formula is C38H52N6O6. The number of methoxy groups -OCH3 is 1. The standard InChI is InChI=1S/C38H52N6O6/c1-25(45)40-33(38(5,6)7)35(48)43-44(23-27-17-19-28(20-18-27)29-16-12-13-21-39-29)24-31(46)30(22-26-14-10-9-11-15-26)41-34(47)32(37(2,3)4)42-36(49)50-8/h9-21,30-33,46H,22-24H2,1-8H3,(H,40,45)(H,41,47)(H,42,49)(H,43,48)/t30-,31-,32+,33+/m0/s1/i2D3,3D3,4D3,5D3,6D3,7D3,8D3. The maximum Gasteiger partial charge on any atom is 0.407 e. The molecule has 5 N–H and O–H groups in total. The minimum absolute atomic E-state index is 0.264. The van der Waals surface area contributed by atoms with Gasteiger partial charge in [-0.25, -0.2) is 9.80 Å². The molecule has 0 aliphatic rings. The number of aromatic nitrogens is 1. The van der Waals surface area contributed by atoms with Crippen LogP contribution in [0.3, 0.4) is 0 Å². The van der Waals surface area contributed by atoms with Gasteiger partial charge in [-0.15, -0.1) is 0 Å². The molecule has 3 aromatic rings. The van der Waals surface area contributed by atoms with Gasteiger partial charge in [0.25, 0.3) is 5.91 Å². The highest BCUT2D eigenvalue weighted by Gasteiger charge is 2.37. The Morgan fingerprint density at radius 3 is 2.04 bits per heavy atom. The number of alkyl carbamates (subject to hydrolysis) is 1. The van der Waals surface area contributed by atoms with E-state index in [1.807, 2.05) is 5.32 Å². The van der Waals surface area contributed by atoms with Crippen molar-refractivity contribution in [2.24, 2.45) is 10.8 Å². The minimum atomic E-state index is -4.24. The fourth-order valence-corrected chi connectivity index (χ4v) is 4.77. The summed E-state index contributed by atoms with van der Waals surface area (Å²) in [7, 11) is -3.61. The summed E-state index contributed by atoms with van der Waals surface area (Å²) in [6.45, 7) is -25.5. The molecule has 0 spiro atoms. The van der Waals surface area contributed by atoms with Crippen molar-refractivity contribution in [2.45, 2.75) is 85.2 Å². The van der Waals surface area contributed by atoms with E-state index in [4.69, 9.17) is 28.8 Å². The number of amides is 4. The molecule has 0 fully saturated rings. The average molecular weight is 710 g/mol. The van der Waals surface area contributed by atoms with E-state index in [-0.39, 0.29) is 11.1 Å². The highest BCUT2D eigenvalue weighted by molar-refractivity contribution is 5.87. The molecule has 270 valence electrons. The van der Waals surface area contributed by atoms with Crippen molar-refractivity contribution in [1.82, 2.24) is 31.4 Å². The Morgan fingerprint density at radius 2 is 1.46 bits per heavy atom. The van der Waals surface area contributed by atoms with Crippen LogP contribution in [0.5, 0.6) is 0 Å². The maximum atomic E-state index is 14.6. The van der Waals surface area contributed by atoms with Gasteiger partial charge in [0.2, 0.25) is 11.8 Å². The Kier molecular flexibility index (Phi) is 6.73. The first-order valence-corrected chi connectivity index (χ1v) is 15.0. The lowest BCUT2D eigenvalue weighted by molar-refractivity contribution is -0.135. The molecule has 12 nitrogen and oxygen atoms in total. The maximum absolute atomic E-state index is 14.6. The van der Waals surface area contributed by atoms with Gasteiger partial charge in [-0.2, -0.15) is 0 Å². The summed E-state index contributed by atoms with van der Waals surface area (Å²) < 4.78 is 174. The van der Waals surface area contributed by atoms with Crippen molar-refractivity contribution in [1.29, 1.82) is 0 Å². The second kappa shape index (κ2) is 17.7. The number of benzene rings is 2. The molecule has 50 heavy (non-hydrogen) atoms. The zero-order valence-corrected chi connectivity index (χ0v) is 26.8. The van der Waals surface area contributed by atoms with E-state index >= 15 is 0 Å². The number of aliphatic hydroxyl groups is 1. The molecule has 1 aromatic heterocycles. The normalized spacial score (nSPS) is 22.1. The first-order valence-electron chi connectivity index (χ1n) is 25.5. The minimum Gasteiger partial charge on any atom is -0.453 e. The van der Waals surface area contributed by atoms with Crippen molar-refractivity contribution in [3.05, 3.63) is 90.1 Å². The van der Waals surface area contributed by atoms with Crippen LogP contribution < -0.4 is 21.4 Å². The van der Waals surface area contributed by atoms with E-state index in [1.54, 1.807) is 36.4 Å². The quantitative estimate of drug-likeness (QED) is 0.157. The van der Waals surface area contributed by atoms with Crippen LogP contribution in [0.2, 0.25) is 0 Å². The van der Waals surface area contributed by atoms with Crippen LogP contribution in [0.4, 0.5) is 4.79 Å². The lowest BCUT2D eigenvalue weighted by Gasteiger charge is -2.36. The van der Waals surface area contributed by atoms with Crippen molar-refractivity contribution in [3.63, 3.8) is 0 Å². The van der Waals surface area contributed by atoms with Gasteiger partial charge in [-0.05, 0) is 40.5 Å². The zero-order chi connectivity index (χ0) is 54.6. The molecule has 4 amide bonds. The Hall–Kier alpha value is -4.81. The van der Waals surface area contributed by atoms with E-state index in [2.05, 4.69) is 20.5 Å². The molecule has 3 rings (SSSR count). The van der Waals surface area contributed by atoms with Crippen LogP contribution in [-0.2, 0) is 32.1 Å². The van der Waals surface area contributed by atoms with Crippen LogP contribution in [0, 0.1) is 10.8 Å². The number of hydrogen-bond donors (Lipinski definition) is 5. The molecular weight excluding hydrogens is 636 g/mol. The van der Waals surface area contributed by atoms with Crippen LogP contribution in [0.1, 0.15) is 87.9 Å². The third-order valence-electron chi connectivity index (χ3n) is 7.15. The Balaban J connectivity index is 2.32. The zero-order valence-electron chi connectivity index (χ0n) is 47.8. The van der Waals surface area contributed by atoms with Crippen LogP contribution in [-0.4, -0.2) is 76.7 Å². The van der Waals surface area contributed by atoms with E-state index in [0.29, 0.717) is 11.3 Å². The fraction of sp³-hybridized carbons (Fsp3) is 0.447. The van der Waals surface area contributed by atoms with Crippen molar-refractivity contribution in [2.75, 3.05) is 13.6 Å². The second-order valence-electron chi connectivity index (χ2n) is 11.4. The number of nitrogens with zero attached hydrogens (tertiary/aromatic N) is 2. The molecule has 2 aromatic carbocycles. The summed E-state index contributed by atoms with van der Waals surface area (Å²) in [5.74, 6) is -4.93. The van der Waals surface area contributed by atoms with E-state index < -0.39 is 127 Å². The van der Waals surface area contributed by atoms with E-state index in [0.717, 1.165) is 11.9 Å². The highest BCUT2D eigenvalue weighted by atomic mass is 16.5. The van der Waals surface area contributed by atoms with Crippen molar-refractivity contribution < 1.29 is 57.8 Å². The number of hydrogen-bond acceptors (Lipinski definition) is 8. The molecule has 0 bridgehead atoms. The number of nitrogens with one attached hydrogen (secondary N) is 4. The summed E-state index contributed by atoms with van der Waals surface area (Å²) in [6, 6.07) is 10.6. The molecule has 0 aliphatic heterocycles. The largest absolute Gasteiger partial charge is 0.453 e. The number of rotatable bonds is 14. The SMILES string of the molecule is [2H]C([2H])([2H])OC(=O)N[C@H](C(=O)N[C@@H](Cc1ccccc1)[C@@H](O)CN(Cc1ccc(-c2ccccn2)cc1)NC(=O)[C@@H](NC(C)=O)C(C([2H])([2H])[2H])(C([2H])([2H])[2H])C([2H])([2H])[2H])C(C([2H])([2H])[2H])(C([2H])([2H])[2H])C([2H])([2H])[2H]. The number of pyridine rings is 1. The van der Waals surface area contributed by atoms with E-state index in [9.17, 15) is 24.3 Å². The van der Waals surface area contributed by atoms with Crippen molar-refractivity contribution >= 4 is 23.8 Å². The van der Waals surface area contributed by atoms with Gasteiger partial charge in [-0.3, -0.25) is 24.8 Å². The van der Waals surface area contributed by atoms with Gasteiger partial charge in [-0.1, -0.05) is 102 Å². The predicted octanol–water partition coefficient (Wildman–Crippen LogP) is 3.99. The third-order valence-corrected chi connectivity index (χ3v) is 7.15. The summed E-state index contributed by atoms with van der Waals surface area (Å²) in [4.78, 5) is 58.8. The predicted molar refractivity (Wildman–Crippen MR) is 192 cm³/mol. The topological polar surface area (TPSA) is 162 Å². The van der Waals surface area contributed by atoms with Gasteiger partial charge in [0.15, 0.2) is 0 Å². The molecule has 1 heterocycles. The molecule has 0 saturated carbocycles. The molecule has 0 radical (unpaired) electrons. The monoisotopic (exact) mass is 710 g/mol. The Bertz CT molecular complexity index is 2210. The second-order valence-corrected chi connectivity index (χ2v) is 11.4. The highest BCUT2D eigenvalue weighted by Crippen LogP contribution is 2.22. The van der Waals surface area contributed by atoms with Crippen LogP contribution in [0.15, 0.2) is 79.0 Å². The van der Waals surface area contributed by atoms with Gasteiger partial charge >= 0.3 is 6.09 Å². The number of carbonyl (C=O) groups is 4. The average Bonchev–Trinajstić information content (AvgIpc) is 3.17. The molecule has 12 heteroatoms. The summed E-state index contributed by atoms with van der Waals surface area (Å²) in [5.41, 5.74) is -4.43. The summed E-state index contributed by atoms with van der Waals surface area (Å²) in [5, 5.41) is 18.4. The third kappa shape index (κ3) is 12.3. The summed E-state index contributed by atoms with van der Waals surface area (Å²) >= 11 is 0. The first-order chi connectivity index (χ1) is 32.1. The molecule has 4 atom stereocenters. The molecule has 0 saturated heterocycles. The van der Waals surface area contributed by atoms with E-state index in [1.165, 1.54) is 47.9 Å².